The zero-order chi connectivity index (χ0) is 13.1. The van der Waals surface area contributed by atoms with Gasteiger partial charge in [-0.15, -0.1) is 0 Å². The van der Waals surface area contributed by atoms with Crippen molar-refractivity contribution >= 4 is 5.97 Å². The summed E-state index contributed by atoms with van der Waals surface area (Å²) in [6.07, 6.45) is -0.866. The van der Waals surface area contributed by atoms with Gasteiger partial charge in [0.15, 0.2) is 0 Å². The molecule has 3 N–H and O–H groups in total. The Hall–Kier alpha value is -1.39. The van der Waals surface area contributed by atoms with Crippen LogP contribution in [0.25, 0.3) is 0 Å². The summed E-state index contributed by atoms with van der Waals surface area (Å²) in [7, 11) is 0. The lowest BCUT2D eigenvalue weighted by Gasteiger charge is -2.28. The number of carboxylic acids is 1. The Labute approximate surface area is 101 Å². The van der Waals surface area contributed by atoms with Gasteiger partial charge in [-0.3, -0.25) is 4.79 Å². The standard InChI is InChI=1S/C13H19NO3/c1-13(2,3)17-11(14)10(12(15)16)9-7-5-4-6-8-9/h4-8,10-11H,14H2,1-3H3,(H,15,16)/t10-,11?/m0/s1. The van der Waals surface area contributed by atoms with Crippen LogP contribution in [0.2, 0.25) is 0 Å². The first-order valence-corrected chi connectivity index (χ1v) is 5.52. The molecule has 1 unspecified atom stereocenters. The average molecular weight is 237 g/mol. The third-order valence-electron chi connectivity index (χ3n) is 2.24. The van der Waals surface area contributed by atoms with Crippen LogP contribution in [0.5, 0.6) is 0 Å². The zero-order valence-corrected chi connectivity index (χ0v) is 10.4. The number of hydrogen-bond acceptors (Lipinski definition) is 3. The van der Waals surface area contributed by atoms with Crippen LogP contribution in [0.4, 0.5) is 0 Å². The van der Waals surface area contributed by atoms with Crippen LogP contribution in [-0.4, -0.2) is 22.9 Å². The molecule has 0 aliphatic carbocycles. The van der Waals surface area contributed by atoms with Crippen molar-refractivity contribution in [3.63, 3.8) is 0 Å². The van der Waals surface area contributed by atoms with Crippen molar-refractivity contribution in [2.24, 2.45) is 5.73 Å². The van der Waals surface area contributed by atoms with Gasteiger partial charge < -0.3 is 15.6 Å². The minimum atomic E-state index is -0.979. The molecule has 2 atom stereocenters. The van der Waals surface area contributed by atoms with Crippen LogP contribution in [0.15, 0.2) is 30.3 Å². The Morgan fingerprint density at radius 1 is 1.29 bits per heavy atom. The van der Waals surface area contributed by atoms with E-state index in [1.807, 2.05) is 26.8 Å². The molecular formula is C13H19NO3. The van der Waals surface area contributed by atoms with Crippen LogP contribution in [0.3, 0.4) is 0 Å². The van der Waals surface area contributed by atoms with Crippen LogP contribution in [0, 0.1) is 0 Å². The van der Waals surface area contributed by atoms with E-state index in [9.17, 15) is 9.90 Å². The van der Waals surface area contributed by atoms with E-state index < -0.39 is 23.7 Å². The van der Waals surface area contributed by atoms with E-state index in [0.29, 0.717) is 5.56 Å². The highest BCUT2D eigenvalue weighted by atomic mass is 16.5. The van der Waals surface area contributed by atoms with Crippen molar-refractivity contribution in [1.82, 2.24) is 0 Å². The first-order chi connectivity index (χ1) is 7.81. The summed E-state index contributed by atoms with van der Waals surface area (Å²) in [4.78, 5) is 11.3. The second-order valence-electron chi connectivity index (χ2n) is 4.92. The minimum Gasteiger partial charge on any atom is -0.481 e. The molecule has 0 aliphatic rings. The molecule has 0 amide bonds. The Balaban J connectivity index is 2.91. The monoisotopic (exact) mass is 237 g/mol. The molecule has 0 aliphatic heterocycles. The predicted octanol–water partition coefficient (Wildman–Crippen LogP) is 1.95. The average Bonchev–Trinajstić information content (AvgIpc) is 2.15. The molecule has 0 heterocycles. The molecule has 0 aromatic heterocycles. The second-order valence-corrected chi connectivity index (χ2v) is 4.92. The number of carboxylic acid groups (broad SMARTS) is 1. The van der Waals surface area contributed by atoms with Crippen LogP contribution in [0.1, 0.15) is 32.3 Å². The summed E-state index contributed by atoms with van der Waals surface area (Å²) >= 11 is 0. The van der Waals surface area contributed by atoms with Gasteiger partial charge in [0.2, 0.25) is 0 Å². The molecule has 4 heteroatoms. The van der Waals surface area contributed by atoms with Crippen molar-refractivity contribution in [2.45, 2.75) is 38.5 Å². The van der Waals surface area contributed by atoms with Crippen molar-refractivity contribution in [3.05, 3.63) is 35.9 Å². The smallest absolute Gasteiger partial charge is 0.315 e. The highest BCUT2D eigenvalue weighted by Gasteiger charge is 2.30. The first-order valence-electron chi connectivity index (χ1n) is 5.52. The topological polar surface area (TPSA) is 72.5 Å². The van der Waals surface area contributed by atoms with E-state index in [0.717, 1.165) is 0 Å². The van der Waals surface area contributed by atoms with E-state index in [-0.39, 0.29) is 0 Å². The molecular weight excluding hydrogens is 218 g/mol. The van der Waals surface area contributed by atoms with E-state index >= 15 is 0 Å². The quantitative estimate of drug-likeness (QED) is 0.785. The number of hydrogen-bond donors (Lipinski definition) is 2. The molecule has 1 rings (SSSR count). The molecule has 0 bridgehead atoms. The molecule has 0 radical (unpaired) electrons. The van der Waals surface area contributed by atoms with Gasteiger partial charge in [-0.1, -0.05) is 30.3 Å². The fourth-order valence-electron chi connectivity index (χ4n) is 1.61. The number of nitrogens with two attached hydrogens (primary N) is 1. The number of rotatable bonds is 4. The SMILES string of the molecule is CC(C)(C)OC(N)[C@@H](C(=O)O)c1ccccc1. The van der Waals surface area contributed by atoms with Gasteiger partial charge in [0.1, 0.15) is 12.1 Å². The summed E-state index contributed by atoms with van der Waals surface area (Å²) in [5.41, 5.74) is 6.01. The Bertz CT molecular complexity index is 370. The van der Waals surface area contributed by atoms with Crippen LogP contribution in [-0.2, 0) is 9.53 Å². The number of aliphatic carboxylic acids is 1. The molecule has 4 nitrogen and oxygen atoms in total. The normalized spacial score (nSPS) is 15.3. The molecule has 94 valence electrons. The third kappa shape index (κ3) is 4.17. The summed E-state index contributed by atoms with van der Waals surface area (Å²) in [5.74, 6) is -1.83. The molecule has 1 aromatic rings. The van der Waals surface area contributed by atoms with E-state index in [1.54, 1.807) is 24.3 Å². The van der Waals surface area contributed by atoms with Gasteiger partial charge in [0.05, 0.1) is 5.60 Å². The maximum Gasteiger partial charge on any atom is 0.315 e. The number of benzene rings is 1. The second kappa shape index (κ2) is 5.29. The van der Waals surface area contributed by atoms with Crippen molar-refractivity contribution in [3.8, 4) is 0 Å². The van der Waals surface area contributed by atoms with Gasteiger partial charge in [-0.25, -0.2) is 0 Å². The maximum atomic E-state index is 11.3. The van der Waals surface area contributed by atoms with Gasteiger partial charge >= 0.3 is 5.97 Å². The van der Waals surface area contributed by atoms with Crippen LogP contribution < -0.4 is 5.73 Å². The Kier molecular flexibility index (Phi) is 4.26. The minimum absolute atomic E-state index is 0.470. The summed E-state index contributed by atoms with van der Waals surface area (Å²) in [6.45, 7) is 5.53. The first kappa shape index (κ1) is 13.7. The zero-order valence-electron chi connectivity index (χ0n) is 10.4. The molecule has 0 spiro atoms. The molecule has 0 saturated carbocycles. The molecule has 1 aromatic carbocycles. The third-order valence-corrected chi connectivity index (χ3v) is 2.24. The lowest BCUT2D eigenvalue weighted by molar-refractivity contribution is -0.146. The lowest BCUT2D eigenvalue weighted by atomic mass is 9.97. The lowest BCUT2D eigenvalue weighted by Crippen LogP contribution is -2.41. The maximum absolute atomic E-state index is 11.3. The van der Waals surface area contributed by atoms with Gasteiger partial charge in [0, 0.05) is 0 Å². The summed E-state index contributed by atoms with van der Waals surface area (Å²) in [6, 6.07) is 8.89. The van der Waals surface area contributed by atoms with Gasteiger partial charge in [-0.2, -0.15) is 0 Å². The van der Waals surface area contributed by atoms with Gasteiger partial charge in [-0.05, 0) is 26.3 Å². The fourth-order valence-corrected chi connectivity index (χ4v) is 1.61. The Morgan fingerprint density at radius 2 is 1.82 bits per heavy atom. The molecule has 17 heavy (non-hydrogen) atoms. The number of ether oxygens (including phenoxy) is 1. The van der Waals surface area contributed by atoms with E-state index in [2.05, 4.69) is 0 Å². The largest absolute Gasteiger partial charge is 0.481 e. The molecule has 0 fully saturated rings. The fraction of sp³-hybridized carbons (Fsp3) is 0.462. The van der Waals surface area contributed by atoms with Crippen molar-refractivity contribution in [2.75, 3.05) is 0 Å². The highest BCUT2D eigenvalue weighted by molar-refractivity contribution is 5.76. The number of carbonyl (C=O) groups is 1. The van der Waals surface area contributed by atoms with E-state index in [4.69, 9.17) is 10.5 Å². The van der Waals surface area contributed by atoms with Crippen molar-refractivity contribution < 1.29 is 14.6 Å². The van der Waals surface area contributed by atoms with Crippen LogP contribution >= 0.6 is 0 Å². The molecule has 0 saturated heterocycles. The summed E-state index contributed by atoms with van der Waals surface area (Å²) in [5, 5.41) is 9.23. The van der Waals surface area contributed by atoms with Gasteiger partial charge in [0.25, 0.3) is 0 Å². The van der Waals surface area contributed by atoms with E-state index in [1.165, 1.54) is 0 Å². The van der Waals surface area contributed by atoms with Crippen molar-refractivity contribution in [1.29, 1.82) is 0 Å². The predicted molar refractivity (Wildman–Crippen MR) is 65.6 cm³/mol. The Morgan fingerprint density at radius 3 is 2.24 bits per heavy atom. The summed E-state index contributed by atoms with van der Waals surface area (Å²) < 4.78 is 5.51. The highest BCUT2D eigenvalue weighted by Crippen LogP contribution is 2.23.